The largest absolute Gasteiger partial charge is 0.353 e. The van der Waals surface area contributed by atoms with E-state index in [1.807, 2.05) is 44.0 Å². The molecular weight excluding hydrogens is 354 g/mol. The maximum absolute atomic E-state index is 12.4. The first kappa shape index (κ1) is 18.9. The molecule has 2 aliphatic rings. The third-order valence-electron chi connectivity index (χ3n) is 5.68. The fourth-order valence-corrected chi connectivity index (χ4v) is 4.01. The molecule has 2 fully saturated rings. The van der Waals surface area contributed by atoms with Gasteiger partial charge in [0.25, 0.3) is 0 Å². The second kappa shape index (κ2) is 7.53. The monoisotopic (exact) mass is 383 g/mol. The summed E-state index contributed by atoms with van der Waals surface area (Å²) in [4.78, 5) is 25.8. The zero-order valence-electron chi connectivity index (χ0n) is 17.0. The first-order valence-electron chi connectivity index (χ1n) is 10.3. The van der Waals surface area contributed by atoms with Crippen LogP contribution in [0.5, 0.6) is 0 Å². The Morgan fingerprint density at radius 2 is 1.82 bits per heavy atom. The molecule has 0 unspecified atom stereocenters. The molecule has 150 valence electrons. The Morgan fingerprint density at radius 3 is 2.43 bits per heavy atom. The molecule has 7 heteroatoms. The van der Waals surface area contributed by atoms with Crippen molar-refractivity contribution < 1.29 is 9.32 Å². The maximum Gasteiger partial charge on any atom is 0.230 e. The van der Waals surface area contributed by atoms with Crippen LogP contribution in [0.1, 0.15) is 58.3 Å². The number of piperazine rings is 1. The molecule has 2 aromatic rings. The van der Waals surface area contributed by atoms with E-state index in [2.05, 4.69) is 20.0 Å². The lowest BCUT2D eigenvalue weighted by Crippen LogP contribution is -2.51. The second-order valence-corrected chi connectivity index (χ2v) is 8.87. The van der Waals surface area contributed by atoms with E-state index in [4.69, 9.17) is 4.52 Å². The van der Waals surface area contributed by atoms with Crippen molar-refractivity contribution in [3.05, 3.63) is 24.2 Å². The highest BCUT2D eigenvalue weighted by Gasteiger charge is 2.30. The summed E-state index contributed by atoms with van der Waals surface area (Å²) in [7, 11) is 0. The number of carbonyl (C=O) groups is 1. The molecule has 0 radical (unpaired) electrons. The van der Waals surface area contributed by atoms with Crippen LogP contribution in [0.15, 0.2) is 22.9 Å². The zero-order chi connectivity index (χ0) is 19.7. The van der Waals surface area contributed by atoms with E-state index in [0.717, 1.165) is 56.3 Å². The standard InChI is InChI=1S/C21H29N5O2/c1-21(2,3)20(27)26-12-10-25(11-13-26)17-9-8-16(14-22-17)18-23-19(28-24-18)15-6-4-5-7-15/h8-9,14-15H,4-7,10-13H2,1-3H3. The molecule has 1 saturated heterocycles. The highest BCUT2D eigenvalue weighted by Crippen LogP contribution is 2.34. The minimum atomic E-state index is -0.329. The SMILES string of the molecule is CC(C)(C)C(=O)N1CCN(c2ccc(-c3noc(C4CCCC4)n3)cn2)CC1. The smallest absolute Gasteiger partial charge is 0.230 e. The fourth-order valence-electron chi connectivity index (χ4n) is 4.01. The van der Waals surface area contributed by atoms with E-state index in [1.54, 1.807) is 0 Å². The minimum absolute atomic E-state index is 0.214. The predicted molar refractivity (Wildman–Crippen MR) is 107 cm³/mol. The summed E-state index contributed by atoms with van der Waals surface area (Å²) < 4.78 is 5.47. The molecule has 0 spiro atoms. The average molecular weight is 383 g/mol. The normalized spacial score (nSPS) is 18.7. The Balaban J connectivity index is 1.38. The van der Waals surface area contributed by atoms with Gasteiger partial charge >= 0.3 is 0 Å². The molecule has 1 aliphatic heterocycles. The van der Waals surface area contributed by atoms with Crippen LogP contribution >= 0.6 is 0 Å². The van der Waals surface area contributed by atoms with Crippen LogP contribution in [0.2, 0.25) is 0 Å². The summed E-state index contributed by atoms with van der Waals surface area (Å²) >= 11 is 0. The Bertz CT molecular complexity index is 810. The van der Waals surface area contributed by atoms with Crippen LogP contribution in [-0.2, 0) is 4.79 Å². The Kier molecular flexibility index (Phi) is 5.08. The summed E-state index contributed by atoms with van der Waals surface area (Å²) in [6, 6.07) is 4.00. The van der Waals surface area contributed by atoms with Gasteiger partial charge in [-0.2, -0.15) is 4.98 Å². The van der Waals surface area contributed by atoms with Crippen LogP contribution in [0.3, 0.4) is 0 Å². The van der Waals surface area contributed by atoms with Gasteiger partial charge < -0.3 is 14.3 Å². The molecule has 2 aromatic heterocycles. The highest BCUT2D eigenvalue weighted by atomic mass is 16.5. The lowest BCUT2D eigenvalue weighted by Gasteiger charge is -2.38. The lowest BCUT2D eigenvalue weighted by atomic mass is 9.94. The van der Waals surface area contributed by atoms with Gasteiger partial charge in [0.05, 0.1) is 0 Å². The summed E-state index contributed by atoms with van der Waals surface area (Å²) in [5.41, 5.74) is 0.544. The van der Waals surface area contributed by atoms with E-state index in [0.29, 0.717) is 11.7 Å². The van der Waals surface area contributed by atoms with Crippen molar-refractivity contribution >= 4 is 11.7 Å². The van der Waals surface area contributed by atoms with Crippen molar-refractivity contribution in [1.29, 1.82) is 0 Å². The van der Waals surface area contributed by atoms with Gasteiger partial charge in [0.1, 0.15) is 5.82 Å². The van der Waals surface area contributed by atoms with Crippen molar-refractivity contribution in [3.8, 4) is 11.4 Å². The topological polar surface area (TPSA) is 75.4 Å². The zero-order valence-corrected chi connectivity index (χ0v) is 17.0. The number of anilines is 1. The maximum atomic E-state index is 12.4. The lowest BCUT2D eigenvalue weighted by molar-refractivity contribution is -0.139. The number of carbonyl (C=O) groups excluding carboxylic acids is 1. The van der Waals surface area contributed by atoms with Gasteiger partial charge in [-0.1, -0.05) is 38.8 Å². The first-order chi connectivity index (χ1) is 13.4. The Hall–Kier alpha value is -2.44. The number of hydrogen-bond donors (Lipinski definition) is 0. The first-order valence-corrected chi connectivity index (χ1v) is 10.3. The van der Waals surface area contributed by atoms with E-state index < -0.39 is 0 Å². The third kappa shape index (κ3) is 3.88. The van der Waals surface area contributed by atoms with Gasteiger partial charge in [-0.05, 0) is 25.0 Å². The van der Waals surface area contributed by atoms with Gasteiger partial charge in [-0.15, -0.1) is 0 Å². The molecule has 0 atom stereocenters. The van der Waals surface area contributed by atoms with Crippen molar-refractivity contribution in [2.45, 2.75) is 52.4 Å². The van der Waals surface area contributed by atoms with Crippen molar-refractivity contribution in [2.24, 2.45) is 5.41 Å². The number of hydrogen-bond acceptors (Lipinski definition) is 6. The van der Waals surface area contributed by atoms with Crippen LogP contribution in [0.4, 0.5) is 5.82 Å². The van der Waals surface area contributed by atoms with Gasteiger partial charge in [0.15, 0.2) is 0 Å². The van der Waals surface area contributed by atoms with Crippen molar-refractivity contribution in [1.82, 2.24) is 20.0 Å². The average Bonchev–Trinajstić information content (AvgIpc) is 3.38. The predicted octanol–water partition coefficient (Wildman–Crippen LogP) is 3.48. The summed E-state index contributed by atoms with van der Waals surface area (Å²) in [6.07, 6.45) is 6.58. The molecule has 3 heterocycles. The molecule has 0 aromatic carbocycles. The quantitative estimate of drug-likeness (QED) is 0.808. The number of rotatable bonds is 3. The van der Waals surface area contributed by atoms with Crippen LogP contribution < -0.4 is 4.90 Å². The molecule has 1 saturated carbocycles. The van der Waals surface area contributed by atoms with Gasteiger partial charge in [0.2, 0.25) is 17.6 Å². The van der Waals surface area contributed by atoms with Gasteiger partial charge in [0, 0.05) is 49.3 Å². The van der Waals surface area contributed by atoms with Crippen LogP contribution in [-0.4, -0.2) is 52.1 Å². The molecular formula is C21H29N5O2. The minimum Gasteiger partial charge on any atom is -0.353 e. The molecule has 0 bridgehead atoms. The molecule has 0 N–H and O–H groups in total. The van der Waals surface area contributed by atoms with E-state index in [9.17, 15) is 4.79 Å². The van der Waals surface area contributed by atoms with Crippen LogP contribution in [0, 0.1) is 5.41 Å². The summed E-state index contributed by atoms with van der Waals surface area (Å²) in [6.45, 7) is 8.96. The highest BCUT2D eigenvalue weighted by molar-refractivity contribution is 5.81. The number of nitrogens with zero attached hydrogens (tertiary/aromatic N) is 5. The van der Waals surface area contributed by atoms with Gasteiger partial charge in [-0.3, -0.25) is 4.79 Å². The van der Waals surface area contributed by atoms with Crippen molar-refractivity contribution in [3.63, 3.8) is 0 Å². The number of amides is 1. The van der Waals surface area contributed by atoms with E-state index in [-0.39, 0.29) is 11.3 Å². The third-order valence-corrected chi connectivity index (χ3v) is 5.68. The second-order valence-electron chi connectivity index (χ2n) is 8.87. The fraction of sp³-hybridized carbons (Fsp3) is 0.619. The Labute approximate surface area is 166 Å². The number of pyridine rings is 1. The van der Waals surface area contributed by atoms with Crippen molar-refractivity contribution in [2.75, 3.05) is 31.1 Å². The van der Waals surface area contributed by atoms with E-state index >= 15 is 0 Å². The molecule has 4 rings (SSSR count). The molecule has 28 heavy (non-hydrogen) atoms. The molecule has 7 nitrogen and oxygen atoms in total. The summed E-state index contributed by atoms with van der Waals surface area (Å²) in [5, 5.41) is 4.14. The van der Waals surface area contributed by atoms with Gasteiger partial charge in [-0.25, -0.2) is 4.98 Å². The Morgan fingerprint density at radius 1 is 1.11 bits per heavy atom. The molecule has 1 aliphatic carbocycles. The molecule has 1 amide bonds. The van der Waals surface area contributed by atoms with Crippen LogP contribution in [0.25, 0.3) is 11.4 Å². The summed E-state index contributed by atoms with van der Waals surface area (Å²) in [5.74, 6) is 2.93. The number of aromatic nitrogens is 3. The van der Waals surface area contributed by atoms with E-state index in [1.165, 1.54) is 12.8 Å².